The second-order valence-corrected chi connectivity index (χ2v) is 5.35. The molecule has 2 aliphatic rings. The molecule has 2 aliphatic carbocycles. The fourth-order valence-electron chi connectivity index (χ4n) is 1.73. The van der Waals surface area contributed by atoms with Crippen LogP contribution in [0.1, 0.15) is 42.2 Å². The predicted octanol–water partition coefficient (Wildman–Crippen LogP) is 1.57. The van der Waals surface area contributed by atoms with Crippen molar-refractivity contribution >= 4 is 11.3 Å². The van der Waals surface area contributed by atoms with Crippen molar-refractivity contribution in [3.8, 4) is 0 Å². The number of nitrogens with one attached hydrogen (secondary N) is 2. The molecule has 1 aromatic rings. The van der Waals surface area contributed by atoms with Gasteiger partial charge in [-0.25, -0.2) is 0 Å². The Balaban J connectivity index is 1.76. The maximum Gasteiger partial charge on any atom is 0.304 e. The Morgan fingerprint density at radius 1 is 1.36 bits per heavy atom. The Morgan fingerprint density at radius 2 is 2.14 bits per heavy atom. The summed E-state index contributed by atoms with van der Waals surface area (Å²) in [4.78, 5) is 15.6. The fraction of sp³-hybridized carbons (Fsp3) is 0.700. The van der Waals surface area contributed by atoms with Gasteiger partial charge in [0.25, 0.3) is 0 Å². The summed E-state index contributed by atoms with van der Waals surface area (Å²) >= 11 is 1.38. The van der Waals surface area contributed by atoms with Crippen molar-refractivity contribution in [2.75, 3.05) is 0 Å². The van der Waals surface area contributed by atoms with Gasteiger partial charge < -0.3 is 10.3 Å². The summed E-state index contributed by atoms with van der Waals surface area (Å²) in [5.41, 5.74) is 1.22. The minimum atomic E-state index is 0.111. The van der Waals surface area contributed by atoms with E-state index in [2.05, 4.69) is 10.3 Å². The van der Waals surface area contributed by atoms with Crippen molar-refractivity contribution < 1.29 is 0 Å². The van der Waals surface area contributed by atoms with Crippen molar-refractivity contribution in [3.05, 3.63) is 20.2 Å². The molecule has 1 aromatic heterocycles. The van der Waals surface area contributed by atoms with Crippen LogP contribution in [0.15, 0.2) is 4.79 Å². The van der Waals surface area contributed by atoms with E-state index in [4.69, 9.17) is 0 Å². The van der Waals surface area contributed by atoms with E-state index in [0.29, 0.717) is 5.92 Å². The zero-order valence-corrected chi connectivity index (χ0v) is 8.82. The normalized spacial score (nSPS) is 21.4. The minimum Gasteiger partial charge on any atom is -0.316 e. The first-order valence-electron chi connectivity index (χ1n) is 5.28. The summed E-state index contributed by atoms with van der Waals surface area (Å²) < 4.78 is 0. The number of hydrogen-bond donors (Lipinski definition) is 2. The van der Waals surface area contributed by atoms with Gasteiger partial charge in [0.2, 0.25) is 0 Å². The van der Waals surface area contributed by atoms with Crippen molar-refractivity contribution in [3.63, 3.8) is 0 Å². The van der Waals surface area contributed by atoms with Crippen LogP contribution in [-0.4, -0.2) is 11.0 Å². The molecule has 0 bridgehead atoms. The molecule has 76 valence electrons. The Kier molecular flexibility index (Phi) is 1.99. The average molecular weight is 210 g/mol. The lowest BCUT2D eigenvalue weighted by Crippen LogP contribution is -2.15. The second-order valence-electron chi connectivity index (χ2n) is 4.28. The molecule has 3 rings (SSSR count). The van der Waals surface area contributed by atoms with Crippen LogP contribution in [0.5, 0.6) is 0 Å². The monoisotopic (exact) mass is 210 g/mol. The summed E-state index contributed by atoms with van der Waals surface area (Å²) in [6.45, 7) is 0.889. The van der Waals surface area contributed by atoms with Crippen molar-refractivity contribution in [2.45, 2.75) is 44.2 Å². The van der Waals surface area contributed by atoms with E-state index in [1.165, 1.54) is 47.6 Å². The highest BCUT2D eigenvalue weighted by Crippen LogP contribution is 2.41. The van der Waals surface area contributed by atoms with Crippen LogP contribution in [0.4, 0.5) is 0 Å². The molecular formula is C10H14N2OS. The van der Waals surface area contributed by atoms with Crippen molar-refractivity contribution in [2.24, 2.45) is 0 Å². The molecule has 2 N–H and O–H groups in total. The zero-order chi connectivity index (χ0) is 9.54. The van der Waals surface area contributed by atoms with Gasteiger partial charge in [0.15, 0.2) is 0 Å². The number of thiazole rings is 1. The number of hydrogen-bond acceptors (Lipinski definition) is 3. The third-order valence-electron chi connectivity index (χ3n) is 2.87. The van der Waals surface area contributed by atoms with Gasteiger partial charge in [-0.1, -0.05) is 11.3 Å². The zero-order valence-electron chi connectivity index (χ0n) is 8.01. The van der Waals surface area contributed by atoms with Crippen LogP contribution >= 0.6 is 11.3 Å². The molecule has 0 atom stereocenters. The Labute approximate surface area is 86.5 Å². The summed E-state index contributed by atoms with van der Waals surface area (Å²) in [6.07, 6.45) is 5.11. The molecule has 3 nitrogen and oxygen atoms in total. The van der Waals surface area contributed by atoms with Crippen molar-refractivity contribution in [1.29, 1.82) is 0 Å². The fourth-order valence-corrected chi connectivity index (χ4v) is 2.60. The van der Waals surface area contributed by atoms with Gasteiger partial charge >= 0.3 is 4.87 Å². The molecule has 0 radical (unpaired) electrons. The summed E-state index contributed by atoms with van der Waals surface area (Å²) in [5, 5.41) is 3.46. The van der Waals surface area contributed by atoms with Crippen LogP contribution < -0.4 is 10.2 Å². The van der Waals surface area contributed by atoms with E-state index in [-0.39, 0.29) is 4.87 Å². The third-order valence-corrected chi connectivity index (χ3v) is 3.77. The van der Waals surface area contributed by atoms with E-state index >= 15 is 0 Å². The quantitative estimate of drug-likeness (QED) is 0.792. The first-order valence-corrected chi connectivity index (χ1v) is 6.10. The number of aromatic amines is 1. The maximum absolute atomic E-state index is 11.2. The van der Waals surface area contributed by atoms with Gasteiger partial charge in [-0.15, -0.1) is 0 Å². The predicted molar refractivity (Wildman–Crippen MR) is 56.8 cm³/mol. The molecular weight excluding hydrogens is 196 g/mol. The van der Waals surface area contributed by atoms with E-state index in [0.717, 1.165) is 12.6 Å². The smallest absolute Gasteiger partial charge is 0.304 e. The standard InChI is InChI=1S/C10H14N2OS/c13-10-12-9(6-1-2-6)8(14-10)5-11-7-3-4-7/h6-7,11H,1-5H2,(H,12,13). The van der Waals surface area contributed by atoms with Gasteiger partial charge in [0, 0.05) is 29.1 Å². The number of H-pyrrole nitrogens is 1. The Bertz CT molecular complexity index is 387. The molecule has 0 spiro atoms. The molecule has 1 heterocycles. The second kappa shape index (κ2) is 3.21. The molecule has 0 aromatic carbocycles. The van der Waals surface area contributed by atoms with Gasteiger partial charge in [-0.05, 0) is 25.7 Å². The molecule has 2 fully saturated rings. The molecule has 4 heteroatoms. The van der Waals surface area contributed by atoms with Gasteiger partial charge in [-0.2, -0.15) is 0 Å². The Hall–Kier alpha value is -0.610. The largest absolute Gasteiger partial charge is 0.316 e. The molecule has 14 heavy (non-hydrogen) atoms. The van der Waals surface area contributed by atoms with Gasteiger partial charge in [-0.3, -0.25) is 4.79 Å². The minimum absolute atomic E-state index is 0.111. The lowest BCUT2D eigenvalue weighted by Gasteiger charge is -2.01. The topological polar surface area (TPSA) is 44.9 Å². The molecule has 0 saturated heterocycles. The van der Waals surface area contributed by atoms with E-state index < -0.39 is 0 Å². The summed E-state index contributed by atoms with van der Waals surface area (Å²) in [7, 11) is 0. The number of aromatic nitrogens is 1. The van der Waals surface area contributed by atoms with E-state index in [9.17, 15) is 4.79 Å². The van der Waals surface area contributed by atoms with Crippen LogP contribution in [0.25, 0.3) is 0 Å². The van der Waals surface area contributed by atoms with Gasteiger partial charge in [0.05, 0.1) is 0 Å². The van der Waals surface area contributed by atoms with Crippen LogP contribution in [0, 0.1) is 0 Å². The summed E-state index contributed by atoms with van der Waals surface area (Å²) in [6, 6.07) is 0.722. The average Bonchev–Trinajstić information content (AvgIpc) is 3.03. The van der Waals surface area contributed by atoms with Gasteiger partial charge in [0.1, 0.15) is 0 Å². The molecule has 0 unspecified atom stereocenters. The summed E-state index contributed by atoms with van der Waals surface area (Å²) in [5.74, 6) is 0.657. The molecule has 0 aliphatic heterocycles. The van der Waals surface area contributed by atoms with E-state index in [1.807, 2.05) is 0 Å². The van der Waals surface area contributed by atoms with E-state index in [1.54, 1.807) is 0 Å². The third kappa shape index (κ3) is 1.77. The van der Waals surface area contributed by atoms with Crippen LogP contribution in [-0.2, 0) is 6.54 Å². The SMILES string of the molecule is O=c1[nH]c(C2CC2)c(CNC2CC2)s1. The highest BCUT2D eigenvalue weighted by atomic mass is 32.1. The lowest BCUT2D eigenvalue weighted by atomic mass is 10.2. The molecule has 2 saturated carbocycles. The first kappa shape index (κ1) is 8.68. The van der Waals surface area contributed by atoms with Crippen molar-refractivity contribution in [1.82, 2.24) is 10.3 Å². The van der Waals surface area contributed by atoms with Crippen LogP contribution in [0.2, 0.25) is 0 Å². The maximum atomic E-state index is 11.2. The lowest BCUT2D eigenvalue weighted by molar-refractivity contribution is 0.688. The van der Waals surface area contributed by atoms with Crippen LogP contribution in [0.3, 0.4) is 0 Å². The Morgan fingerprint density at radius 3 is 2.79 bits per heavy atom. The first-order chi connectivity index (χ1) is 6.83. The highest BCUT2D eigenvalue weighted by molar-refractivity contribution is 7.09. The highest BCUT2D eigenvalue weighted by Gasteiger charge is 2.29. The number of rotatable bonds is 4. The molecule has 0 amide bonds.